The van der Waals surface area contributed by atoms with Crippen molar-refractivity contribution in [3.05, 3.63) is 63.9 Å². The van der Waals surface area contributed by atoms with Crippen LogP contribution in [0, 0.1) is 5.92 Å². The van der Waals surface area contributed by atoms with Crippen LogP contribution in [0.2, 0.25) is 0 Å². The number of carbonyl (C=O) groups is 2. The summed E-state index contributed by atoms with van der Waals surface area (Å²) in [6.45, 7) is 2.25. The lowest BCUT2D eigenvalue weighted by atomic mass is 9.88. The quantitative estimate of drug-likeness (QED) is 0.459. The number of fused-ring (bicyclic) bond motifs is 3. The van der Waals surface area contributed by atoms with Crippen molar-refractivity contribution in [2.45, 2.75) is 32.4 Å². The number of furan rings is 1. The Bertz CT molecular complexity index is 1150. The predicted molar refractivity (Wildman–Crippen MR) is 116 cm³/mol. The van der Waals surface area contributed by atoms with E-state index in [9.17, 15) is 9.59 Å². The molecule has 0 saturated heterocycles. The molecule has 8 heteroatoms. The van der Waals surface area contributed by atoms with Gasteiger partial charge in [-0.3, -0.25) is 4.79 Å². The first-order valence-corrected chi connectivity index (χ1v) is 11.0. The van der Waals surface area contributed by atoms with E-state index in [1.807, 2.05) is 0 Å². The standard InChI is InChI=1S/C23H22N2O5S/c1-12-5-7-14-18(10-12)31-22-19(14)21(26)24-20(25-22)13-6-8-15(17(11-13)28-2)30-23(27)16-4-3-9-29-16/h3-4,6,8-9,11-12,20,25H,5,7,10H2,1-2H3,(H,24,26)/t12-,20-/m0/s1. The highest BCUT2D eigenvalue weighted by Crippen LogP contribution is 2.43. The Morgan fingerprint density at radius 1 is 1.23 bits per heavy atom. The number of thiophene rings is 1. The van der Waals surface area contributed by atoms with Gasteiger partial charge in [0, 0.05) is 4.88 Å². The minimum absolute atomic E-state index is 0.0573. The summed E-state index contributed by atoms with van der Waals surface area (Å²) in [5, 5.41) is 7.42. The van der Waals surface area contributed by atoms with E-state index in [4.69, 9.17) is 13.9 Å². The van der Waals surface area contributed by atoms with Crippen LogP contribution in [0.15, 0.2) is 41.0 Å². The number of methoxy groups -OCH3 is 1. The molecular weight excluding hydrogens is 416 g/mol. The van der Waals surface area contributed by atoms with E-state index in [-0.39, 0.29) is 17.4 Å². The number of anilines is 1. The van der Waals surface area contributed by atoms with Gasteiger partial charge < -0.3 is 24.5 Å². The molecule has 7 nitrogen and oxygen atoms in total. The highest BCUT2D eigenvalue weighted by Gasteiger charge is 2.33. The Balaban J connectivity index is 1.40. The Labute approximate surface area is 183 Å². The molecule has 3 aromatic rings. The lowest BCUT2D eigenvalue weighted by Gasteiger charge is -2.27. The topological polar surface area (TPSA) is 89.8 Å². The number of esters is 1. The van der Waals surface area contributed by atoms with Crippen LogP contribution < -0.4 is 20.1 Å². The van der Waals surface area contributed by atoms with Gasteiger partial charge in [-0.15, -0.1) is 11.3 Å². The molecule has 2 atom stereocenters. The van der Waals surface area contributed by atoms with Gasteiger partial charge in [0.2, 0.25) is 5.76 Å². The van der Waals surface area contributed by atoms with Gasteiger partial charge in [-0.25, -0.2) is 4.79 Å². The molecule has 2 aliphatic rings. The Morgan fingerprint density at radius 2 is 2.10 bits per heavy atom. The fourth-order valence-corrected chi connectivity index (χ4v) is 5.56. The maximum absolute atomic E-state index is 12.9. The van der Waals surface area contributed by atoms with Crippen molar-refractivity contribution in [1.29, 1.82) is 0 Å². The van der Waals surface area contributed by atoms with E-state index in [1.54, 1.807) is 35.6 Å². The summed E-state index contributed by atoms with van der Waals surface area (Å²) >= 11 is 1.68. The molecule has 3 heterocycles. The Morgan fingerprint density at radius 3 is 2.87 bits per heavy atom. The van der Waals surface area contributed by atoms with Crippen molar-refractivity contribution in [1.82, 2.24) is 5.32 Å². The summed E-state index contributed by atoms with van der Waals surface area (Å²) in [6, 6.07) is 8.35. The molecule has 1 aromatic carbocycles. The summed E-state index contributed by atoms with van der Waals surface area (Å²) in [7, 11) is 1.50. The van der Waals surface area contributed by atoms with Crippen LogP contribution >= 0.6 is 11.3 Å². The number of carbonyl (C=O) groups excluding carboxylic acids is 2. The zero-order chi connectivity index (χ0) is 21.5. The molecule has 0 spiro atoms. The molecule has 1 amide bonds. The fourth-order valence-electron chi connectivity index (χ4n) is 4.12. The highest BCUT2D eigenvalue weighted by molar-refractivity contribution is 7.16. The average molecular weight is 439 g/mol. The van der Waals surface area contributed by atoms with Crippen LogP contribution in [0.4, 0.5) is 5.00 Å². The summed E-state index contributed by atoms with van der Waals surface area (Å²) in [5.41, 5.74) is 2.78. The Kier molecular flexibility index (Phi) is 4.94. The third-order valence-electron chi connectivity index (χ3n) is 5.74. The van der Waals surface area contributed by atoms with Gasteiger partial charge in [0.15, 0.2) is 11.5 Å². The molecule has 2 N–H and O–H groups in total. The van der Waals surface area contributed by atoms with Crippen LogP contribution in [0.3, 0.4) is 0 Å². The van der Waals surface area contributed by atoms with Gasteiger partial charge in [-0.05, 0) is 60.6 Å². The first-order valence-electron chi connectivity index (χ1n) is 10.2. The van der Waals surface area contributed by atoms with Crippen molar-refractivity contribution in [3.8, 4) is 11.5 Å². The predicted octanol–water partition coefficient (Wildman–Crippen LogP) is 4.55. The van der Waals surface area contributed by atoms with E-state index in [2.05, 4.69) is 17.6 Å². The van der Waals surface area contributed by atoms with Crippen LogP contribution in [0.5, 0.6) is 11.5 Å². The normalized spacial score (nSPS) is 19.6. The van der Waals surface area contributed by atoms with E-state index in [0.29, 0.717) is 11.7 Å². The van der Waals surface area contributed by atoms with E-state index < -0.39 is 12.1 Å². The molecule has 0 fully saturated rings. The van der Waals surface area contributed by atoms with Crippen molar-refractivity contribution >= 4 is 28.2 Å². The van der Waals surface area contributed by atoms with Crippen LogP contribution in [0.1, 0.15) is 56.4 Å². The maximum atomic E-state index is 12.9. The molecule has 1 aliphatic carbocycles. The average Bonchev–Trinajstić information content (AvgIpc) is 3.41. The monoisotopic (exact) mass is 438 g/mol. The van der Waals surface area contributed by atoms with E-state index >= 15 is 0 Å². The number of benzene rings is 1. The van der Waals surface area contributed by atoms with Crippen molar-refractivity contribution in [2.24, 2.45) is 5.92 Å². The van der Waals surface area contributed by atoms with Gasteiger partial charge in [0.05, 0.1) is 18.9 Å². The summed E-state index contributed by atoms with van der Waals surface area (Å²) in [4.78, 5) is 26.4. The third-order valence-corrected chi connectivity index (χ3v) is 6.92. The minimum Gasteiger partial charge on any atom is -0.493 e. The number of hydrogen-bond donors (Lipinski definition) is 2. The second-order valence-electron chi connectivity index (χ2n) is 7.88. The molecule has 0 radical (unpaired) electrons. The van der Waals surface area contributed by atoms with Crippen molar-refractivity contribution in [3.63, 3.8) is 0 Å². The number of amides is 1. The van der Waals surface area contributed by atoms with Gasteiger partial charge in [-0.2, -0.15) is 0 Å². The zero-order valence-corrected chi connectivity index (χ0v) is 18.0. The number of rotatable bonds is 4. The zero-order valence-electron chi connectivity index (χ0n) is 17.2. The maximum Gasteiger partial charge on any atom is 0.379 e. The lowest BCUT2D eigenvalue weighted by molar-refractivity contribution is 0.0696. The van der Waals surface area contributed by atoms with E-state index in [1.165, 1.54) is 29.9 Å². The van der Waals surface area contributed by atoms with Gasteiger partial charge in [0.25, 0.3) is 5.91 Å². The van der Waals surface area contributed by atoms with Crippen molar-refractivity contribution in [2.75, 3.05) is 12.4 Å². The molecule has 31 heavy (non-hydrogen) atoms. The third kappa shape index (κ3) is 3.57. The number of hydrogen-bond acceptors (Lipinski definition) is 7. The Hall–Kier alpha value is -3.26. The molecule has 0 bridgehead atoms. The van der Waals surface area contributed by atoms with Crippen LogP contribution in [-0.2, 0) is 12.8 Å². The highest BCUT2D eigenvalue weighted by atomic mass is 32.1. The minimum atomic E-state index is -0.608. The first kappa shape index (κ1) is 19.7. The second kappa shape index (κ2) is 7.77. The van der Waals surface area contributed by atoms with Crippen LogP contribution in [0.25, 0.3) is 0 Å². The first-order chi connectivity index (χ1) is 15.0. The largest absolute Gasteiger partial charge is 0.493 e. The summed E-state index contributed by atoms with van der Waals surface area (Å²) < 4.78 is 15.9. The molecule has 160 valence electrons. The van der Waals surface area contributed by atoms with Gasteiger partial charge in [-0.1, -0.05) is 13.0 Å². The molecule has 0 saturated carbocycles. The summed E-state index contributed by atoms with van der Waals surface area (Å²) in [5.74, 6) is 0.749. The smallest absolute Gasteiger partial charge is 0.379 e. The molecule has 0 unspecified atom stereocenters. The second-order valence-corrected chi connectivity index (χ2v) is 8.99. The van der Waals surface area contributed by atoms with Crippen molar-refractivity contribution < 1.29 is 23.5 Å². The molecule has 1 aliphatic heterocycles. The lowest BCUT2D eigenvalue weighted by Crippen LogP contribution is -2.38. The van der Waals surface area contributed by atoms with Crippen LogP contribution in [-0.4, -0.2) is 19.0 Å². The SMILES string of the molecule is COc1cc([C@H]2NC(=O)c3c(sc4c3CC[C@H](C)C4)N2)ccc1OC(=O)c1ccco1. The molecule has 2 aromatic heterocycles. The summed E-state index contributed by atoms with van der Waals surface area (Å²) in [6.07, 6.45) is 4.09. The molecular formula is C23H22N2O5S. The molecule has 5 rings (SSSR count). The van der Waals surface area contributed by atoms with Gasteiger partial charge in [0.1, 0.15) is 11.2 Å². The fraction of sp³-hybridized carbons (Fsp3) is 0.304. The number of ether oxygens (including phenoxy) is 2. The van der Waals surface area contributed by atoms with Gasteiger partial charge >= 0.3 is 5.97 Å². The number of nitrogens with one attached hydrogen (secondary N) is 2. The van der Waals surface area contributed by atoms with E-state index in [0.717, 1.165) is 35.4 Å².